The topological polar surface area (TPSA) is 84.1 Å². The van der Waals surface area contributed by atoms with Crippen molar-refractivity contribution in [2.75, 3.05) is 0 Å². The van der Waals surface area contributed by atoms with Crippen molar-refractivity contribution in [2.45, 2.75) is 36.7 Å². The van der Waals surface area contributed by atoms with Crippen LogP contribution in [0.1, 0.15) is 25.7 Å². The fraction of sp³-hybridized carbons (Fsp3) is 0.625. The Kier molecular flexibility index (Phi) is 3.03. The van der Waals surface area contributed by atoms with Crippen LogP contribution in [0, 0.1) is 0 Å². The van der Waals surface area contributed by atoms with Crippen LogP contribution >= 0.6 is 0 Å². The van der Waals surface area contributed by atoms with Gasteiger partial charge in [-0.3, -0.25) is 9.94 Å². The number of aromatic amines is 1. The molecule has 0 aromatic carbocycles. The van der Waals surface area contributed by atoms with Crippen LogP contribution in [0.3, 0.4) is 0 Å². The second kappa shape index (κ2) is 4.30. The Morgan fingerprint density at radius 3 is 2.80 bits per heavy atom. The van der Waals surface area contributed by atoms with E-state index in [2.05, 4.69) is 15.1 Å². The van der Waals surface area contributed by atoms with E-state index >= 15 is 0 Å². The van der Waals surface area contributed by atoms with Crippen molar-refractivity contribution in [1.82, 2.24) is 15.1 Å². The number of hydrogen-bond donors (Lipinski definition) is 2. The zero-order chi connectivity index (χ0) is 10.7. The fourth-order valence-corrected chi connectivity index (χ4v) is 2.33. The summed E-state index contributed by atoms with van der Waals surface area (Å²) in [4.78, 5) is 7.31. The van der Waals surface area contributed by atoms with Gasteiger partial charge in [-0.2, -0.15) is 5.10 Å². The van der Waals surface area contributed by atoms with E-state index in [9.17, 15) is 8.42 Å². The zero-order valence-corrected chi connectivity index (χ0v) is 8.96. The van der Waals surface area contributed by atoms with E-state index in [4.69, 9.17) is 4.84 Å². The van der Waals surface area contributed by atoms with Crippen LogP contribution in [0.5, 0.6) is 0 Å². The molecule has 0 atom stereocenters. The highest BCUT2D eigenvalue weighted by Gasteiger charge is 2.20. The van der Waals surface area contributed by atoms with Gasteiger partial charge in [-0.05, 0) is 12.8 Å². The van der Waals surface area contributed by atoms with Crippen molar-refractivity contribution in [3.05, 3.63) is 12.4 Å². The van der Waals surface area contributed by atoms with Gasteiger partial charge in [0.25, 0.3) is 10.0 Å². The first-order valence-corrected chi connectivity index (χ1v) is 6.33. The number of nitrogens with one attached hydrogen (secondary N) is 2. The number of rotatable bonds is 4. The number of aromatic nitrogens is 2. The summed E-state index contributed by atoms with van der Waals surface area (Å²) in [5.74, 6) is 0. The molecule has 84 valence electrons. The molecule has 1 heterocycles. The van der Waals surface area contributed by atoms with E-state index in [1.807, 2.05) is 0 Å². The Balaban J connectivity index is 1.93. The average molecular weight is 231 g/mol. The highest BCUT2D eigenvalue weighted by molar-refractivity contribution is 7.89. The summed E-state index contributed by atoms with van der Waals surface area (Å²) < 4.78 is 23.1. The lowest BCUT2D eigenvalue weighted by Gasteiger charge is -2.10. The summed E-state index contributed by atoms with van der Waals surface area (Å²) in [6, 6.07) is 0. The van der Waals surface area contributed by atoms with Crippen LogP contribution in [-0.4, -0.2) is 24.7 Å². The lowest BCUT2D eigenvalue weighted by atomic mass is 10.3. The number of sulfonamides is 1. The van der Waals surface area contributed by atoms with Gasteiger partial charge in [-0.25, -0.2) is 8.42 Å². The SMILES string of the molecule is O=S(=O)(NOC1CCCC1)c1cn[nH]c1. The zero-order valence-electron chi connectivity index (χ0n) is 8.14. The van der Waals surface area contributed by atoms with Gasteiger partial charge in [-0.15, -0.1) is 0 Å². The molecule has 6 nitrogen and oxygen atoms in total. The van der Waals surface area contributed by atoms with Gasteiger partial charge in [0, 0.05) is 6.20 Å². The van der Waals surface area contributed by atoms with E-state index < -0.39 is 10.0 Å². The lowest BCUT2D eigenvalue weighted by Crippen LogP contribution is -2.28. The molecule has 2 N–H and O–H groups in total. The molecule has 2 rings (SSSR count). The summed E-state index contributed by atoms with van der Waals surface area (Å²) in [5, 5.41) is 6.01. The van der Waals surface area contributed by atoms with Crippen molar-refractivity contribution >= 4 is 10.0 Å². The van der Waals surface area contributed by atoms with Gasteiger partial charge in [0.15, 0.2) is 0 Å². The Hall–Kier alpha value is -0.920. The summed E-state index contributed by atoms with van der Waals surface area (Å²) >= 11 is 0. The third kappa shape index (κ3) is 2.55. The summed E-state index contributed by atoms with van der Waals surface area (Å²) in [5.41, 5.74) is 0. The molecule has 0 radical (unpaired) electrons. The standard InChI is InChI=1S/C8H13N3O3S/c12-15(13,8-5-9-10-6-8)11-14-7-3-1-2-4-7/h5-7,11H,1-4H2,(H,9,10). The van der Waals surface area contributed by atoms with Crippen LogP contribution in [-0.2, 0) is 14.9 Å². The number of H-pyrrole nitrogens is 1. The first-order valence-electron chi connectivity index (χ1n) is 4.85. The molecular formula is C8H13N3O3S. The molecule has 0 bridgehead atoms. The Morgan fingerprint density at radius 1 is 1.47 bits per heavy atom. The predicted molar refractivity (Wildman–Crippen MR) is 52.3 cm³/mol. The molecule has 1 fully saturated rings. The van der Waals surface area contributed by atoms with Gasteiger partial charge in [0.1, 0.15) is 4.90 Å². The molecule has 1 saturated carbocycles. The van der Waals surface area contributed by atoms with Crippen molar-refractivity contribution in [2.24, 2.45) is 0 Å². The minimum absolute atomic E-state index is 0.00618. The summed E-state index contributed by atoms with van der Waals surface area (Å²) in [7, 11) is -3.57. The normalized spacial score (nSPS) is 18.4. The maximum Gasteiger partial charge on any atom is 0.265 e. The highest BCUT2D eigenvalue weighted by atomic mass is 32.2. The van der Waals surface area contributed by atoms with E-state index in [-0.39, 0.29) is 11.0 Å². The van der Waals surface area contributed by atoms with Gasteiger partial charge >= 0.3 is 0 Å². The van der Waals surface area contributed by atoms with Gasteiger partial charge in [-0.1, -0.05) is 17.7 Å². The maximum atomic E-state index is 11.6. The first-order chi connectivity index (χ1) is 7.18. The molecule has 1 aromatic heterocycles. The monoisotopic (exact) mass is 231 g/mol. The van der Waals surface area contributed by atoms with Crippen LogP contribution in [0.15, 0.2) is 17.3 Å². The van der Waals surface area contributed by atoms with Crippen LogP contribution in [0.25, 0.3) is 0 Å². The number of hydrogen-bond acceptors (Lipinski definition) is 4. The molecule has 1 aliphatic carbocycles. The van der Waals surface area contributed by atoms with Gasteiger partial charge < -0.3 is 0 Å². The largest absolute Gasteiger partial charge is 0.284 e. The Morgan fingerprint density at radius 2 is 2.20 bits per heavy atom. The smallest absolute Gasteiger partial charge is 0.265 e. The van der Waals surface area contributed by atoms with E-state index in [0.717, 1.165) is 25.7 Å². The van der Waals surface area contributed by atoms with Crippen molar-refractivity contribution < 1.29 is 13.3 Å². The molecule has 0 unspecified atom stereocenters. The van der Waals surface area contributed by atoms with Crippen LogP contribution in [0.4, 0.5) is 0 Å². The van der Waals surface area contributed by atoms with Crippen LogP contribution < -0.4 is 4.89 Å². The molecule has 15 heavy (non-hydrogen) atoms. The maximum absolute atomic E-state index is 11.6. The second-order valence-corrected chi connectivity index (χ2v) is 5.19. The predicted octanol–water partition coefficient (Wildman–Crippen LogP) is 0.562. The Labute approximate surface area is 88.0 Å². The van der Waals surface area contributed by atoms with E-state index in [1.165, 1.54) is 12.4 Å². The summed E-state index contributed by atoms with van der Waals surface area (Å²) in [6.45, 7) is 0. The average Bonchev–Trinajstić information content (AvgIpc) is 2.88. The molecule has 0 aliphatic heterocycles. The second-order valence-electron chi connectivity index (χ2n) is 3.55. The Bertz CT molecular complexity index is 395. The third-order valence-corrected chi connectivity index (χ3v) is 3.57. The molecule has 0 amide bonds. The minimum atomic E-state index is -3.57. The quantitative estimate of drug-likeness (QED) is 0.742. The lowest BCUT2D eigenvalue weighted by molar-refractivity contribution is 0.0223. The minimum Gasteiger partial charge on any atom is -0.284 e. The van der Waals surface area contributed by atoms with E-state index in [0.29, 0.717) is 0 Å². The molecule has 1 aromatic rings. The molecular weight excluding hydrogens is 218 g/mol. The fourth-order valence-electron chi connectivity index (χ4n) is 1.57. The third-order valence-electron chi connectivity index (χ3n) is 2.41. The molecule has 7 heteroatoms. The van der Waals surface area contributed by atoms with Gasteiger partial charge in [0.2, 0.25) is 0 Å². The van der Waals surface area contributed by atoms with E-state index in [1.54, 1.807) is 0 Å². The molecule has 0 saturated heterocycles. The van der Waals surface area contributed by atoms with Crippen molar-refractivity contribution in [1.29, 1.82) is 0 Å². The molecule has 0 spiro atoms. The van der Waals surface area contributed by atoms with Crippen molar-refractivity contribution in [3.8, 4) is 0 Å². The highest BCUT2D eigenvalue weighted by Crippen LogP contribution is 2.20. The van der Waals surface area contributed by atoms with Crippen molar-refractivity contribution in [3.63, 3.8) is 0 Å². The molecule has 1 aliphatic rings. The van der Waals surface area contributed by atoms with Gasteiger partial charge in [0.05, 0.1) is 12.3 Å². The first kappa shape index (κ1) is 10.6. The summed E-state index contributed by atoms with van der Waals surface area (Å²) in [6.07, 6.45) is 6.56. The number of nitrogens with zero attached hydrogens (tertiary/aromatic N) is 1. The van der Waals surface area contributed by atoms with Crippen LogP contribution in [0.2, 0.25) is 0 Å².